The van der Waals surface area contributed by atoms with E-state index < -0.39 is 5.92 Å². The number of hydrogen-bond donors (Lipinski definition) is 1. The minimum Gasteiger partial charge on any atom is -0.469 e. The van der Waals surface area contributed by atoms with E-state index in [-0.39, 0.29) is 30.0 Å². The van der Waals surface area contributed by atoms with Crippen LogP contribution in [0.5, 0.6) is 0 Å². The van der Waals surface area contributed by atoms with E-state index in [1.54, 1.807) is 19.1 Å². The molecule has 0 aromatic heterocycles. The summed E-state index contributed by atoms with van der Waals surface area (Å²) in [4.78, 5) is 34.9. The van der Waals surface area contributed by atoms with Crippen molar-refractivity contribution in [3.05, 3.63) is 41.5 Å². The van der Waals surface area contributed by atoms with Gasteiger partial charge in [-0.15, -0.1) is 0 Å². The number of carbonyl (C=O) groups excluding carboxylic acids is 3. The summed E-state index contributed by atoms with van der Waals surface area (Å²) in [5, 5.41) is 2.69. The number of benzene rings is 1. The Kier molecular flexibility index (Phi) is 4.75. The van der Waals surface area contributed by atoms with Gasteiger partial charge in [-0.2, -0.15) is 0 Å². The van der Waals surface area contributed by atoms with Crippen LogP contribution < -0.4 is 5.32 Å². The van der Waals surface area contributed by atoms with Gasteiger partial charge >= 0.3 is 5.97 Å². The lowest BCUT2D eigenvalue weighted by Crippen LogP contribution is -2.30. The van der Waals surface area contributed by atoms with E-state index in [9.17, 15) is 14.4 Å². The molecule has 0 saturated heterocycles. The predicted octanol–water partition coefficient (Wildman–Crippen LogP) is 2.44. The van der Waals surface area contributed by atoms with Gasteiger partial charge in [-0.25, -0.2) is 0 Å². The normalized spacial score (nSPS) is 21.0. The molecule has 0 spiro atoms. The first-order valence-corrected chi connectivity index (χ1v) is 7.08. The summed E-state index contributed by atoms with van der Waals surface area (Å²) < 4.78 is 4.88. The van der Waals surface area contributed by atoms with Crippen LogP contribution >= 0.6 is 0 Å². The first-order chi connectivity index (χ1) is 10.4. The average Bonchev–Trinajstić information content (AvgIpc) is 2.46. The highest BCUT2D eigenvalue weighted by atomic mass is 16.5. The molecule has 2 unspecified atom stereocenters. The van der Waals surface area contributed by atoms with E-state index in [2.05, 4.69) is 5.32 Å². The number of rotatable bonds is 3. The maximum absolute atomic E-state index is 12.0. The van der Waals surface area contributed by atoms with E-state index in [1.807, 2.05) is 12.1 Å². The van der Waals surface area contributed by atoms with Crippen LogP contribution in [0.1, 0.15) is 31.7 Å². The van der Waals surface area contributed by atoms with Crippen LogP contribution in [-0.2, 0) is 19.1 Å². The van der Waals surface area contributed by atoms with Crippen molar-refractivity contribution in [2.75, 3.05) is 12.4 Å². The van der Waals surface area contributed by atoms with Crippen molar-refractivity contribution >= 4 is 23.3 Å². The number of nitrogens with one attached hydrogen (secondary N) is 1. The summed E-state index contributed by atoms with van der Waals surface area (Å²) in [7, 11) is 1.35. The third-order valence-electron chi connectivity index (χ3n) is 3.82. The van der Waals surface area contributed by atoms with Gasteiger partial charge in [0.2, 0.25) is 5.91 Å². The maximum Gasteiger partial charge on any atom is 0.313 e. The Morgan fingerprint density at radius 2 is 1.86 bits per heavy atom. The van der Waals surface area contributed by atoms with Crippen molar-refractivity contribution in [3.63, 3.8) is 0 Å². The molecule has 1 amide bonds. The van der Waals surface area contributed by atoms with Gasteiger partial charge in [0.15, 0.2) is 5.78 Å². The van der Waals surface area contributed by atoms with Gasteiger partial charge in [0, 0.05) is 24.9 Å². The molecule has 1 aromatic carbocycles. The van der Waals surface area contributed by atoms with Gasteiger partial charge in [-0.1, -0.05) is 17.7 Å². The van der Waals surface area contributed by atoms with Gasteiger partial charge in [0.25, 0.3) is 0 Å². The second-order valence-corrected chi connectivity index (χ2v) is 5.47. The molecule has 1 aliphatic carbocycles. The average molecular weight is 301 g/mol. The van der Waals surface area contributed by atoms with E-state index >= 15 is 0 Å². The van der Waals surface area contributed by atoms with Crippen molar-refractivity contribution in [3.8, 4) is 0 Å². The van der Waals surface area contributed by atoms with E-state index in [0.717, 1.165) is 11.1 Å². The van der Waals surface area contributed by atoms with E-state index in [1.165, 1.54) is 20.1 Å². The Morgan fingerprint density at radius 1 is 1.23 bits per heavy atom. The van der Waals surface area contributed by atoms with Crippen molar-refractivity contribution in [1.82, 2.24) is 0 Å². The van der Waals surface area contributed by atoms with E-state index in [4.69, 9.17) is 4.74 Å². The number of ketones is 1. The third kappa shape index (κ3) is 3.42. The zero-order valence-electron chi connectivity index (χ0n) is 12.9. The fraction of sp³-hybridized carbons (Fsp3) is 0.353. The predicted molar refractivity (Wildman–Crippen MR) is 82.4 cm³/mol. The summed E-state index contributed by atoms with van der Waals surface area (Å²) in [6.45, 7) is 3.21. The van der Waals surface area contributed by atoms with Gasteiger partial charge in [0.05, 0.1) is 13.0 Å². The second-order valence-electron chi connectivity index (χ2n) is 5.47. The van der Waals surface area contributed by atoms with E-state index in [0.29, 0.717) is 5.69 Å². The van der Waals surface area contributed by atoms with Crippen LogP contribution in [0, 0.1) is 5.92 Å². The number of hydrogen-bond acceptors (Lipinski definition) is 4. The summed E-state index contributed by atoms with van der Waals surface area (Å²) in [6.07, 6.45) is 1.79. The lowest BCUT2D eigenvalue weighted by Gasteiger charge is -2.29. The zero-order valence-corrected chi connectivity index (χ0v) is 12.9. The topological polar surface area (TPSA) is 72.5 Å². The number of carbonyl (C=O) groups is 3. The molecule has 5 heteroatoms. The maximum atomic E-state index is 12.0. The number of amides is 1. The smallest absolute Gasteiger partial charge is 0.313 e. The molecule has 5 nitrogen and oxygen atoms in total. The van der Waals surface area contributed by atoms with Crippen molar-refractivity contribution < 1.29 is 19.1 Å². The van der Waals surface area contributed by atoms with Crippen LogP contribution in [0.3, 0.4) is 0 Å². The highest BCUT2D eigenvalue weighted by Gasteiger charge is 2.36. The molecule has 0 radical (unpaired) electrons. The van der Waals surface area contributed by atoms with Gasteiger partial charge in [-0.3, -0.25) is 14.4 Å². The van der Waals surface area contributed by atoms with Gasteiger partial charge < -0.3 is 10.1 Å². The molecule has 116 valence electrons. The molecule has 22 heavy (non-hydrogen) atoms. The quantitative estimate of drug-likeness (QED) is 0.870. The zero-order chi connectivity index (χ0) is 16.3. The molecule has 0 bridgehead atoms. The summed E-state index contributed by atoms with van der Waals surface area (Å²) >= 11 is 0. The molecular formula is C17H19NO4. The molecule has 0 aliphatic heterocycles. The Balaban J connectivity index is 2.32. The SMILES string of the molecule is COC(=O)C1C(C)=CC(=O)CC1c1ccc(NC(C)=O)cc1. The van der Waals surface area contributed by atoms with Gasteiger partial charge in [-0.05, 0) is 30.7 Å². The Labute approximate surface area is 129 Å². The fourth-order valence-electron chi connectivity index (χ4n) is 2.86. The minimum absolute atomic E-state index is 0.00795. The first kappa shape index (κ1) is 15.9. The van der Waals surface area contributed by atoms with Crippen LogP contribution in [-0.4, -0.2) is 24.8 Å². The van der Waals surface area contributed by atoms with Crippen LogP contribution in [0.25, 0.3) is 0 Å². The summed E-state index contributed by atoms with van der Waals surface area (Å²) in [6, 6.07) is 7.20. The monoisotopic (exact) mass is 301 g/mol. The largest absolute Gasteiger partial charge is 0.469 e. The molecule has 0 saturated carbocycles. The molecule has 1 aromatic rings. The standard InChI is InChI=1S/C17H19NO4/c1-10-8-14(20)9-15(16(10)17(21)22-3)12-4-6-13(7-5-12)18-11(2)19/h4-8,15-16H,9H2,1-3H3,(H,18,19). The van der Waals surface area contributed by atoms with Crippen molar-refractivity contribution in [1.29, 1.82) is 0 Å². The molecule has 2 atom stereocenters. The molecular weight excluding hydrogens is 282 g/mol. The minimum atomic E-state index is -0.450. The number of esters is 1. The summed E-state index contributed by atoms with van der Waals surface area (Å²) in [5.74, 6) is -1.16. The van der Waals surface area contributed by atoms with Crippen LogP contribution in [0.15, 0.2) is 35.9 Å². The van der Waals surface area contributed by atoms with Crippen LogP contribution in [0.4, 0.5) is 5.69 Å². The lowest BCUT2D eigenvalue weighted by molar-refractivity contribution is -0.145. The van der Waals surface area contributed by atoms with Crippen molar-refractivity contribution in [2.24, 2.45) is 5.92 Å². The molecule has 1 N–H and O–H groups in total. The highest BCUT2D eigenvalue weighted by Crippen LogP contribution is 2.38. The molecule has 0 heterocycles. The van der Waals surface area contributed by atoms with Gasteiger partial charge in [0.1, 0.15) is 0 Å². The molecule has 0 fully saturated rings. The number of anilines is 1. The van der Waals surface area contributed by atoms with Crippen molar-refractivity contribution in [2.45, 2.75) is 26.2 Å². The number of methoxy groups -OCH3 is 1. The molecule has 2 rings (SSSR count). The lowest BCUT2D eigenvalue weighted by atomic mass is 9.75. The first-order valence-electron chi connectivity index (χ1n) is 7.08. The Morgan fingerprint density at radius 3 is 2.41 bits per heavy atom. The Hall–Kier alpha value is -2.43. The number of ether oxygens (including phenoxy) is 1. The highest BCUT2D eigenvalue weighted by molar-refractivity contribution is 5.95. The Bertz CT molecular complexity index is 631. The second kappa shape index (κ2) is 6.56. The third-order valence-corrected chi connectivity index (χ3v) is 3.82. The number of allylic oxidation sites excluding steroid dienone is 1. The van der Waals surface area contributed by atoms with Crippen LogP contribution in [0.2, 0.25) is 0 Å². The fourth-order valence-corrected chi connectivity index (χ4v) is 2.86. The molecule has 1 aliphatic rings. The summed E-state index contributed by atoms with van der Waals surface area (Å²) in [5.41, 5.74) is 2.28.